The molecule has 1 aromatic carbocycles. The number of nitrogens with two attached hydrogens (primary N) is 1. The Morgan fingerprint density at radius 1 is 1.44 bits per heavy atom. The lowest BCUT2D eigenvalue weighted by molar-refractivity contribution is -0.122. The Kier molecular flexibility index (Phi) is 5.22. The lowest BCUT2D eigenvalue weighted by Crippen LogP contribution is -2.34. The third kappa shape index (κ3) is 3.79. The molecule has 0 aliphatic carbocycles. The summed E-state index contributed by atoms with van der Waals surface area (Å²) in [7, 11) is 0. The van der Waals surface area contributed by atoms with E-state index >= 15 is 0 Å². The van der Waals surface area contributed by atoms with Gasteiger partial charge in [0.1, 0.15) is 0 Å². The average Bonchev–Trinajstić information content (AvgIpc) is 2.29. The molecule has 0 aliphatic rings. The number of nitrogens with one attached hydrogen (secondary N) is 1. The maximum atomic E-state index is 11.8. The highest BCUT2D eigenvalue weighted by atomic mass is 79.9. The predicted octanol–water partition coefficient (Wildman–Crippen LogP) is 1.75. The van der Waals surface area contributed by atoms with E-state index in [-0.39, 0.29) is 11.8 Å². The second kappa shape index (κ2) is 6.45. The summed E-state index contributed by atoms with van der Waals surface area (Å²) in [5, 5.41) is 2.77. The van der Waals surface area contributed by atoms with E-state index in [1.807, 2.05) is 30.3 Å². The Bertz CT molecular complexity index is 365. The second-order valence-electron chi connectivity index (χ2n) is 3.43. The molecular formula is C12H15BrN2O. The van der Waals surface area contributed by atoms with E-state index in [4.69, 9.17) is 5.73 Å². The number of benzene rings is 1. The van der Waals surface area contributed by atoms with E-state index in [9.17, 15) is 4.79 Å². The summed E-state index contributed by atoms with van der Waals surface area (Å²) in [4.78, 5) is 11.8. The van der Waals surface area contributed by atoms with Gasteiger partial charge in [0.15, 0.2) is 0 Å². The minimum Gasteiger partial charge on any atom is -0.351 e. The number of amides is 1. The van der Waals surface area contributed by atoms with Crippen molar-refractivity contribution in [1.29, 1.82) is 0 Å². The van der Waals surface area contributed by atoms with Crippen LogP contribution in [0.25, 0.3) is 0 Å². The number of carbonyl (C=O) groups is 1. The topological polar surface area (TPSA) is 55.1 Å². The smallest absolute Gasteiger partial charge is 0.229 e. The highest BCUT2D eigenvalue weighted by Gasteiger charge is 2.17. The van der Waals surface area contributed by atoms with Crippen LogP contribution in [-0.4, -0.2) is 19.0 Å². The van der Waals surface area contributed by atoms with Crippen molar-refractivity contribution in [3.8, 4) is 0 Å². The lowest BCUT2D eigenvalue weighted by atomic mass is 9.98. The van der Waals surface area contributed by atoms with Crippen molar-refractivity contribution in [2.75, 3.05) is 13.1 Å². The largest absolute Gasteiger partial charge is 0.351 e. The van der Waals surface area contributed by atoms with Crippen molar-refractivity contribution in [2.45, 2.75) is 5.92 Å². The summed E-state index contributed by atoms with van der Waals surface area (Å²) in [5.41, 5.74) is 6.55. The van der Waals surface area contributed by atoms with Gasteiger partial charge in [-0.15, -0.1) is 0 Å². The van der Waals surface area contributed by atoms with Gasteiger partial charge in [-0.3, -0.25) is 4.79 Å². The third-order valence-electron chi connectivity index (χ3n) is 2.21. The van der Waals surface area contributed by atoms with E-state index in [0.717, 1.165) is 10.0 Å². The van der Waals surface area contributed by atoms with Gasteiger partial charge in [0.05, 0.1) is 5.92 Å². The molecule has 1 rings (SSSR count). The fraction of sp³-hybridized carbons (Fsp3) is 0.250. The van der Waals surface area contributed by atoms with Crippen LogP contribution < -0.4 is 11.1 Å². The van der Waals surface area contributed by atoms with Crippen LogP contribution in [0.4, 0.5) is 0 Å². The molecule has 3 nitrogen and oxygen atoms in total. The minimum atomic E-state index is -0.298. The Morgan fingerprint density at radius 3 is 2.56 bits per heavy atom. The summed E-state index contributed by atoms with van der Waals surface area (Å²) in [5.74, 6) is -0.373. The van der Waals surface area contributed by atoms with Gasteiger partial charge < -0.3 is 11.1 Å². The molecule has 0 aromatic heterocycles. The first-order valence-electron chi connectivity index (χ1n) is 5.01. The quantitative estimate of drug-likeness (QED) is 0.865. The minimum absolute atomic E-state index is 0.0747. The summed E-state index contributed by atoms with van der Waals surface area (Å²) in [6.07, 6.45) is 0. The van der Waals surface area contributed by atoms with Gasteiger partial charge in [-0.2, -0.15) is 0 Å². The molecule has 1 aromatic rings. The van der Waals surface area contributed by atoms with E-state index in [1.54, 1.807) is 0 Å². The maximum absolute atomic E-state index is 11.8. The molecule has 86 valence electrons. The molecule has 1 amide bonds. The summed E-state index contributed by atoms with van der Waals surface area (Å²) >= 11 is 3.19. The molecule has 1 unspecified atom stereocenters. The van der Waals surface area contributed by atoms with Crippen LogP contribution in [0.15, 0.2) is 41.4 Å². The molecule has 0 aliphatic heterocycles. The fourth-order valence-electron chi connectivity index (χ4n) is 1.39. The molecule has 0 saturated heterocycles. The van der Waals surface area contributed by atoms with Gasteiger partial charge in [0.2, 0.25) is 5.91 Å². The van der Waals surface area contributed by atoms with Crippen LogP contribution in [0.1, 0.15) is 11.5 Å². The van der Waals surface area contributed by atoms with Crippen LogP contribution in [0.2, 0.25) is 0 Å². The molecule has 0 saturated carbocycles. The molecule has 0 fully saturated rings. The Hall–Kier alpha value is -1.13. The predicted molar refractivity (Wildman–Crippen MR) is 69.3 cm³/mol. The number of hydrogen-bond acceptors (Lipinski definition) is 2. The zero-order valence-electron chi connectivity index (χ0n) is 8.95. The number of rotatable bonds is 5. The summed E-state index contributed by atoms with van der Waals surface area (Å²) in [6, 6.07) is 9.51. The Labute approximate surface area is 104 Å². The highest BCUT2D eigenvalue weighted by Crippen LogP contribution is 2.14. The highest BCUT2D eigenvalue weighted by molar-refractivity contribution is 9.11. The van der Waals surface area contributed by atoms with Gasteiger partial charge in [0, 0.05) is 17.6 Å². The van der Waals surface area contributed by atoms with Crippen LogP contribution in [0.5, 0.6) is 0 Å². The normalized spacial score (nSPS) is 11.9. The molecule has 0 bridgehead atoms. The first-order valence-corrected chi connectivity index (χ1v) is 5.80. The Balaban J connectivity index is 2.68. The van der Waals surface area contributed by atoms with Crippen molar-refractivity contribution in [1.82, 2.24) is 5.32 Å². The Morgan fingerprint density at radius 2 is 2.06 bits per heavy atom. The zero-order valence-corrected chi connectivity index (χ0v) is 10.5. The van der Waals surface area contributed by atoms with Gasteiger partial charge >= 0.3 is 0 Å². The molecule has 0 spiro atoms. The molecule has 3 N–H and O–H groups in total. The SMILES string of the molecule is C=C(Br)CNC(=O)C(CN)c1ccccc1. The summed E-state index contributed by atoms with van der Waals surface area (Å²) in [6.45, 7) is 4.37. The molecule has 4 heteroatoms. The van der Waals surface area contributed by atoms with Crippen molar-refractivity contribution in [3.05, 3.63) is 47.0 Å². The molecule has 0 heterocycles. The van der Waals surface area contributed by atoms with Gasteiger partial charge in [-0.1, -0.05) is 52.8 Å². The number of halogens is 1. The number of carbonyl (C=O) groups excluding carboxylic acids is 1. The fourth-order valence-corrected chi connectivity index (χ4v) is 1.53. The molecule has 0 radical (unpaired) electrons. The standard InChI is InChI=1S/C12H15BrN2O/c1-9(13)8-15-12(16)11(7-14)10-5-3-2-4-6-10/h2-6,11H,1,7-8,14H2,(H,15,16). The second-order valence-corrected chi connectivity index (χ2v) is 4.56. The van der Waals surface area contributed by atoms with Crippen molar-refractivity contribution in [2.24, 2.45) is 5.73 Å². The van der Waals surface area contributed by atoms with Crippen molar-refractivity contribution >= 4 is 21.8 Å². The average molecular weight is 283 g/mol. The monoisotopic (exact) mass is 282 g/mol. The van der Waals surface area contributed by atoms with Crippen LogP contribution >= 0.6 is 15.9 Å². The maximum Gasteiger partial charge on any atom is 0.229 e. The molecular weight excluding hydrogens is 268 g/mol. The number of hydrogen-bond donors (Lipinski definition) is 2. The van der Waals surface area contributed by atoms with E-state index in [2.05, 4.69) is 27.8 Å². The van der Waals surface area contributed by atoms with Crippen molar-refractivity contribution in [3.63, 3.8) is 0 Å². The lowest BCUT2D eigenvalue weighted by Gasteiger charge is -2.14. The van der Waals surface area contributed by atoms with E-state index in [0.29, 0.717) is 13.1 Å². The first-order chi connectivity index (χ1) is 7.65. The van der Waals surface area contributed by atoms with Gasteiger partial charge in [-0.05, 0) is 5.56 Å². The van der Waals surface area contributed by atoms with E-state index < -0.39 is 0 Å². The molecule has 16 heavy (non-hydrogen) atoms. The molecule has 1 atom stereocenters. The van der Waals surface area contributed by atoms with Gasteiger partial charge in [-0.25, -0.2) is 0 Å². The van der Waals surface area contributed by atoms with Crippen LogP contribution in [0, 0.1) is 0 Å². The van der Waals surface area contributed by atoms with Crippen molar-refractivity contribution < 1.29 is 4.79 Å². The zero-order chi connectivity index (χ0) is 12.0. The van der Waals surface area contributed by atoms with Crippen LogP contribution in [-0.2, 0) is 4.79 Å². The summed E-state index contributed by atoms with van der Waals surface area (Å²) < 4.78 is 0.740. The van der Waals surface area contributed by atoms with Gasteiger partial charge in [0.25, 0.3) is 0 Å². The van der Waals surface area contributed by atoms with Crippen LogP contribution in [0.3, 0.4) is 0 Å². The first kappa shape index (κ1) is 12.9. The van der Waals surface area contributed by atoms with E-state index in [1.165, 1.54) is 0 Å². The third-order valence-corrected chi connectivity index (χ3v) is 2.49.